The van der Waals surface area contributed by atoms with Gasteiger partial charge in [0.25, 0.3) is 0 Å². The lowest BCUT2D eigenvalue weighted by molar-refractivity contribution is -0.305. The molecule has 0 unspecified atom stereocenters. The number of aliphatic carboxylic acids is 1. The van der Waals surface area contributed by atoms with Crippen LogP contribution >= 0.6 is 7.26 Å². The first kappa shape index (κ1) is 21.1. The molecule has 0 fully saturated rings. The van der Waals surface area contributed by atoms with Crippen molar-refractivity contribution in [1.29, 1.82) is 0 Å². The number of carboxylic acid groups (broad SMARTS) is 1. The van der Waals surface area contributed by atoms with E-state index in [4.69, 9.17) is 0 Å². The summed E-state index contributed by atoms with van der Waals surface area (Å²) in [5.41, 5.74) is 1.22. The van der Waals surface area contributed by atoms with Crippen molar-refractivity contribution in [2.75, 3.05) is 25.2 Å². The highest BCUT2D eigenvalue weighted by Gasteiger charge is 2.46. The van der Waals surface area contributed by atoms with Gasteiger partial charge in [-0.2, -0.15) is 0 Å². The van der Waals surface area contributed by atoms with Crippen molar-refractivity contribution in [2.24, 2.45) is 0 Å². The summed E-state index contributed by atoms with van der Waals surface area (Å²) < 4.78 is 0. The molecule has 0 spiro atoms. The summed E-state index contributed by atoms with van der Waals surface area (Å²) in [5, 5.41) is 15.0. The first-order chi connectivity index (χ1) is 14.1. The number of anilines is 1. The number of benzene rings is 3. The molecule has 0 atom stereocenters. The molecule has 3 aromatic rings. The monoisotopic (exact) mass is 405 g/mol. The Kier molecular flexibility index (Phi) is 7.06. The molecule has 3 nitrogen and oxygen atoms in total. The highest BCUT2D eigenvalue weighted by molar-refractivity contribution is 7.96. The van der Waals surface area contributed by atoms with Gasteiger partial charge in [0.15, 0.2) is 0 Å². The van der Waals surface area contributed by atoms with Crippen molar-refractivity contribution in [1.82, 2.24) is 0 Å². The van der Waals surface area contributed by atoms with Crippen LogP contribution in [0.1, 0.15) is 19.3 Å². The third-order valence-electron chi connectivity index (χ3n) is 5.29. The molecule has 150 valence electrons. The molecule has 3 rings (SSSR count). The lowest BCUT2D eigenvalue weighted by Crippen LogP contribution is -2.36. The number of carboxylic acids is 1. The summed E-state index contributed by atoms with van der Waals surface area (Å²) in [5.74, 6) is -0.970. The molecule has 29 heavy (non-hydrogen) atoms. The van der Waals surface area contributed by atoms with Crippen LogP contribution in [0.15, 0.2) is 84.9 Å². The zero-order valence-electron chi connectivity index (χ0n) is 17.1. The zero-order chi connectivity index (χ0) is 20.7. The van der Waals surface area contributed by atoms with Crippen molar-refractivity contribution >= 4 is 34.8 Å². The number of carbonyl (C=O) groups is 1. The molecule has 0 aliphatic carbocycles. The van der Waals surface area contributed by atoms with Gasteiger partial charge in [0, 0.05) is 20.1 Å². The smallest absolute Gasteiger partial charge is 0.127 e. The standard InChI is InChI=1S/C25H28NO2P/c1-26(2)23-17-9-10-18-24(23)29(20-12-11-19-25(27)28,21-13-5-3-6-14-21)22-15-7-4-8-16-22/h3-10,13-18H,11-12,19-20H2,1-2H3. The molecule has 4 heteroatoms. The second kappa shape index (κ2) is 9.71. The van der Waals surface area contributed by atoms with E-state index >= 15 is 0 Å². The van der Waals surface area contributed by atoms with Crippen LogP contribution in [0.2, 0.25) is 0 Å². The molecule has 0 saturated carbocycles. The van der Waals surface area contributed by atoms with Crippen molar-refractivity contribution in [3.8, 4) is 0 Å². The Morgan fingerprint density at radius 3 is 1.83 bits per heavy atom. The SMILES string of the molecule is CN(C)c1ccccc1[P+](CCCCC(=O)[O-])(c1ccccc1)c1ccccc1. The number of nitrogens with zero attached hydrogens (tertiary/aromatic N) is 1. The molecule has 0 N–H and O–H groups in total. The fourth-order valence-electron chi connectivity index (χ4n) is 3.95. The maximum atomic E-state index is 11.0. The fourth-order valence-corrected chi connectivity index (χ4v) is 8.63. The number of hydrogen-bond donors (Lipinski definition) is 0. The van der Waals surface area contributed by atoms with Crippen LogP contribution in [0, 0.1) is 0 Å². The number of para-hydroxylation sites is 1. The number of hydrogen-bond acceptors (Lipinski definition) is 3. The van der Waals surface area contributed by atoms with Gasteiger partial charge in [-0.05, 0) is 55.7 Å². The average Bonchev–Trinajstić information content (AvgIpc) is 2.75. The molecular weight excluding hydrogens is 377 g/mol. The molecule has 0 radical (unpaired) electrons. The Labute approximate surface area is 174 Å². The van der Waals surface area contributed by atoms with E-state index in [1.807, 2.05) is 0 Å². The maximum absolute atomic E-state index is 11.0. The second-order valence-corrected chi connectivity index (χ2v) is 11.0. The third-order valence-corrected chi connectivity index (χ3v) is 9.84. The summed E-state index contributed by atoms with van der Waals surface area (Å²) in [6.07, 6.45) is 2.51. The largest absolute Gasteiger partial charge is 0.550 e. The van der Waals surface area contributed by atoms with Gasteiger partial charge in [-0.25, -0.2) is 0 Å². The minimum absolute atomic E-state index is 0.110. The molecular formula is C25H28NO2P. The number of rotatable bonds is 9. The van der Waals surface area contributed by atoms with E-state index in [1.54, 1.807) is 0 Å². The molecule has 0 heterocycles. The Balaban J connectivity index is 2.22. The summed E-state index contributed by atoms with van der Waals surface area (Å²) >= 11 is 0. The molecule has 0 saturated heterocycles. The van der Waals surface area contributed by atoms with Gasteiger partial charge in [0.05, 0.1) is 11.8 Å². The Hall–Kier alpha value is -2.64. The molecule has 0 amide bonds. The quantitative estimate of drug-likeness (QED) is 0.406. The summed E-state index contributed by atoms with van der Waals surface area (Å²) in [4.78, 5) is 13.1. The van der Waals surface area contributed by atoms with Crippen LogP contribution in [0.3, 0.4) is 0 Å². The third kappa shape index (κ3) is 4.68. The topological polar surface area (TPSA) is 43.4 Å². The fraction of sp³-hybridized carbons (Fsp3) is 0.240. The van der Waals surface area contributed by atoms with Gasteiger partial charge in [-0.3, -0.25) is 0 Å². The van der Waals surface area contributed by atoms with Crippen LogP contribution in [-0.4, -0.2) is 26.2 Å². The van der Waals surface area contributed by atoms with Crippen LogP contribution in [0.5, 0.6) is 0 Å². The molecule has 0 aliphatic heterocycles. The molecule has 0 bridgehead atoms. The number of unbranched alkanes of at least 4 members (excludes halogenated alkanes) is 1. The van der Waals surface area contributed by atoms with Gasteiger partial charge in [-0.1, -0.05) is 48.5 Å². The van der Waals surface area contributed by atoms with Crippen LogP contribution in [-0.2, 0) is 4.79 Å². The lowest BCUT2D eigenvalue weighted by atomic mass is 10.2. The average molecular weight is 405 g/mol. The van der Waals surface area contributed by atoms with Crippen molar-refractivity contribution < 1.29 is 9.90 Å². The van der Waals surface area contributed by atoms with Gasteiger partial charge < -0.3 is 14.8 Å². The lowest BCUT2D eigenvalue weighted by Gasteiger charge is -2.31. The number of carbonyl (C=O) groups excluding carboxylic acids is 1. The Morgan fingerprint density at radius 1 is 0.793 bits per heavy atom. The Morgan fingerprint density at radius 2 is 1.31 bits per heavy atom. The van der Waals surface area contributed by atoms with Gasteiger partial charge in [0.2, 0.25) is 0 Å². The first-order valence-corrected chi connectivity index (χ1v) is 12.0. The van der Waals surface area contributed by atoms with Crippen LogP contribution < -0.4 is 25.9 Å². The van der Waals surface area contributed by atoms with E-state index < -0.39 is 13.2 Å². The highest BCUT2D eigenvalue weighted by Crippen LogP contribution is 2.57. The van der Waals surface area contributed by atoms with Gasteiger partial charge in [0.1, 0.15) is 23.2 Å². The first-order valence-electron chi connectivity index (χ1n) is 10.0. The summed E-state index contributed by atoms with van der Waals surface area (Å²) in [6, 6.07) is 30.1. The predicted molar refractivity (Wildman–Crippen MR) is 123 cm³/mol. The summed E-state index contributed by atoms with van der Waals surface area (Å²) in [6.45, 7) is 0. The van der Waals surface area contributed by atoms with Crippen molar-refractivity contribution in [3.63, 3.8) is 0 Å². The molecule has 3 aromatic carbocycles. The zero-order valence-corrected chi connectivity index (χ0v) is 18.0. The van der Waals surface area contributed by atoms with E-state index in [0.29, 0.717) is 6.42 Å². The molecule has 0 aromatic heterocycles. The normalized spacial score (nSPS) is 11.2. The van der Waals surface area contributed by atoms with E-state index in [9.17, 15) is 9.90 Å². The highest BCUT2D eigenvalue weighted by atomic mass is 31.2. The van der Waals surface area contributed by atoms with E-state index in [0.717, 1.165) is 12.6 Å². The molecule has 0 aliphatic rings. The van der Waals surface area contributed by atoms with Gasteiger partial charge in [-0.15, -0.1) is 0 Å². The van der Waals surface area contributed by atoms with Crippen molar-refractivity contribution in [3.05, 3.63) is 84.9 Å². The van der Waals surface area contributed by atoms with E-state index in [-0.39, 0.29) is 6.42 Å². The minimum atomic E-state index is -1.96. The maximum Gasteiger partial charge on any atom is 0.127 e. The van der Waals surface area contributed by atoms with E-state index in [1.165, 1.54) is 21.6 Å². The second-order valence-electron chi connectivity index (χ2n) is 7.42. The van der Waals surface area contributed by atoms with E-state index in [2.05, 4.69) is 104 Å². The van der Waals surface area contributed by atoms with Crippen molar-refractivity contribution in [2.45, 2.75) is 19.3 Å². The summed E-state index contributed by atoms with van der Waals surface area (Å²) in [7, 11) is 2.21. The van der Waals surface area contributed by atoms with Crippen LogP contribution in [0.25, 0.3) is 0 Å². The predicted octanol–water partition coefficient (Wildman–Crippen LogP) is 2.97. The minimum Gasteiger partial charge on any atom is -0.550 e. The van der Waals surface area contributed by atoms with Gasteiger partial charge >= 0.3 is 0 Å². The Bertz CT molecular complexity index is 886. The van der Waals surface area contributed by atoms with Crippen LogP contribution in [0.4, 0.5) is 5.69 Å².